The average Bonchev–Trinajstić information content (AvgIpc) is 1.83. The second-order valence-corrected chi connectivity index (χ2v) is 2.87. The molecular formula is C7H13FO. The highest BCUT2D eigenvalue weighted by molar-refractivity contribution is 4.77. The van der Waals surface area contributed by atoms with Crippen molar-refractivity contribution in [2.75, 3.05) is 0 Å². The lowest BCUT2D eigenvalue weighted by atomic mass is 9.86. The van der Waals surface area contributed by atoms with Crippen molar-refractivity contribution in [3.8, 4) is 0 Å². The van der Waals surface area contributed by atoms with E-state index < -0.39 is 12.3 Å². The van der Waals surface area contributed by atoms with Crippen LogP contribution in [0.1, 0.15) is 26.2 Å². The third-order valence-corrected chi connectivity index (χ3v) is 2.16. The topological polar surface area (TPSA) is 20.2 Å². The first kappa shape index (κ1) is 7.00. The Labute approximate surface area is 54.9 Å². The Bertz CT molecular complexity index is 84.9. The molecule has 1 N–H and O–H groups in total. The Morgan fingerprint density at radius 1 is 1.44 bits per heavy atom. The highest BCUT2D eigenvalue weighted by Gasteiger charge is 2.27. The first-order valence-electron chi connectivity index (χ1n) is 3.54. The van der Waals surface area contributed by atoms with Crippen molar-refractivity contribution in [2.45, 2.75) is 38.5 Å². The molecule has 2 heteroatoms. The number of aliphatic hydroxyl groups is 1. The van der Waals surface area contributed by atoms with Gasteiger partial charge in [0, 0.05) is 5.92 Å². The van der Waals surface area contributed by atoms with Crippen LogP contribution in [0.5, 0.6) is 0 Å². The van der Waals surface area contributed by atoms with E-state index in [2.05, 4.69) is 0 Å². The fourth-order valence-electron chi connectivity index (χ4n) is 1.29. The Balaban J connectivity index is 2.41. The van der Waals surface area contributed by atoms with Gasteiger partial charge in [-0.15, -0.1) is 0 Å². The molecular weight excluding hydrogens is 119 g/mol. The van der Waals surface area contributed by atoms with Gasteiger partial charge in [0.1, 0.15) is 6.17 Å². The van der Waals surface area contributed by atoms with Crippen LogP contribution in [0, 0.1) is 5.92 Å². The van der Waals surface area contributed by atoms with Crippen LogP contribution in [0.15, 0.2) is 0 Å². The lowest BCUT2D eigenvalue weighted by Gasteiger charge is -2.27. The molecule has 0 amide bonds. The molecule has 0 heterocycles. The zero-order chi connectivity index (χ0) is 6.85. The average molecular weight is 132 g/mol. The quantitative estimate of drug-likeness (QED) is 0.529. The van der Waals surface area contributed by atoms with Gasteiger partial charge in [0.05, 0.1) is 6.10 Å². The van der Waals surface area contributed by atoms with Crippen molar-refractivity contribution in [1.82, 2.24) is 0 Å². The minimum Gasteiger partial charge on any atom is -0.393 e. The van der Waals surface area contributed by atoms with Crippen LogP contribution in [0.2, 0.25) is 0 Å². The summed E-state index contributed by atoms with van der Waals surface area (Å²) in [4.78, 5) is 0. The predicted molar refractivity (Wildman–Crippen MR) is 33.9 cm³/mol. The van der Waals surface area contributed by atoms with Crippen LogP contribution < -0.4 is 0 Å². The summed E-state index contributed by atoms with van der Waals surface area (Å²) in [6.45, 7) is 1.77. The van der Waals surface area contributed by atoms with Gasteiger partial charge in [-0.25, -0.2) is 4.39 Å². The van der Waals surface area contributed by atoms with Gasteiger partial charge in [-0.3, -0.25) is 0 Å². The van der Waals surface area contributed by atoms with Gasteiger partial charge in [-0.05, 0) is 19.3 Å². The highest BCUT2D eigenvalue weighted by atomic mass is 19.1. The molecule has 1 aliphatic rings. The first-order valence-corrected chi connectivity index (χ1v) is 3.54. The normalized spacial score (nSPS) is 45.0. The van der Waals surface area contributed by atoms with E-state index in [1.165, 1.54) is 0 Å². The third-order valence-electron chi connectivity index (χ3n) is 2.16. The number of rotatable bonds is 0. The summed E-state index contributed by atoms with van der Waals surface area (Å²) in [5.74, 6) is -0.140. The molecule has 0 unspecified atom stereocenters. The molecule has 0 aromatic rings. The van der Waals surface area contributed by atoms with E-state index in [9.17, 15) is 4.39 Å². The smallest absolute Gasteiger partial charge is 0.105 e. The standard InChI is InChI=1S/C7H13FO/c1-5-6(8)3-2-4-7(5)9/h5-7,9H,2-4H2,1H3/t5-,6-,7+/m0/s1. The fraction of sp³-hybridized carbons (Fsp3) is 1.00. The molecule has 0 aliphatic heterocycles. The van der Waals surface area contributed by atoms with Crippen molar-refractivity contribution in [3.63, 3.8) is 0 Å². The van der Waals surface area contributed by atoms with Gasteiger partial charge >= 0.3 is 0 Å². The number of halogens is 1. The molecule has 0 aromatic carbocycles. The lowest BCUT2D eigenvalue weighted by Crippen LogP contribution is -2.30. The minimum absolute atomic E-state index is 0.140. The largest absolute Gasteiger partial charge is 0.393 e. The molecule has 54 valence electrons. The Morgan fingerprint density at radius 3 is 2.56 bits per heavy atom. The van der Waals surface area contributed by atoms with E-state index in [1.807, 2.05) is 0 Å². The van der Waals surface area contributed by atoms with Gasteiger partial charge in [0.2, 0.25) is 0 Å². The maximum atomic E-state index is 12.7. The SMILES string of the molecule is C[C@@H]1[C@H](O)CCC[C@@H]1F. The maximum absolute atomic E-state index is 12.7. The van der Waals surface area contributed by atoms with Crippen LogP contribution in [-0.4, -0.2) is 17.4 Å². The molecule has 1 saturated carbocycles. The molecule has 0 aromatic heterocycles. The Kier molecular flexibility index (Phi) is 2.06. The third kappa shape index (κ3) is 1.42. The predicted octanol–water partition coefficient (Wildman–Crippen LogP) is 1.51. The summed E-state index contributed by atoms with van der Waals surface area (Å²) in [6.07, 6.45) is 1.09. The number of hydrogen-bond acceptors (Lipinski definition) is 1. The van der Waals surface area contributed by atoms with Gasteiger partial charge in [-0.2, -0.15) is 0 Å². The summed E-state index contributed by atoms with van der Waals surface area (Å²) < 4.78 is 12.7. The number of aliphatic hydroxyl groups excluding tert-OH is 1. The van der Waals surface area contributed by atoms with E-state index in [4.69, 9.17) is 5.11 Å². The second-order valence-electron chi connectivity index (χ2n) is 2.87. The fourth-order valence-corrected chi connectivity index (χ4v) is 1.29. The van der Waals surface area contributed by atoms with Crippen molar-refractivity contribution in [1.29, 1.82) is 0 Å². The maximum Gasteiger partial charge on any atom is 0.105 e. The molecule has 3 atom stereocenters. The van der Waals surface area contributed by atoms with Gasteiger partial charge in [-0.1, -0.05) is 6.92 Å². The molecule has 0 bridgehead atoms. The Hall–Kier alpha value is -0.110. The summed E-state index contributed by atoms with van der Waals surface area (Å²) in [5.41, 5.74) is 0. The van der Waals surface area contributed by atoms with Crippen molar-refractivity contribution in [2.24, 2.45) is 5.92 Å². The van der Waals surface area contributed by atoms with Crippen molar-refractivity contribution >= 4 is 0 Å². The van der Waals surface area contributed by atoms with E-state index in [0.29, 0.717) is 6.42 Å². The van der Waals surface area contributed by atoms with Crippen LogP contribution in [0.25, 0.3) is 0 Å². The molecule has 1 fully saturated rings. The van der Waals surface area contributed by atoms with E-state index in [1.54, 1.807) is 6.92 Å². The van der Waals surface area contributed by atoms with Crippen molar-refractivity contribution < 1.29 is 9.50 Å². The lowest BCUT2D eigenvalue weighted by molar-refractivity contribution is 0.0262. The van der Waals surface area contributed by atoms with Gasteiger partial charge in [0.25, 0.3) is 0 Å². The number of alkyl halides is 1. The van der Waals surface area contributed by atoms with E-state index in [-0.39, 0.29) is 5.92 Å². The number of hydrogen-bond donors (Lipinski definition) is 1. The molecule has 9 heavy (non-hydrogen) atoms. The van der Waals surface area contributed by atoms with Gasteiger partial charge < -0.3 is 5.11 Å². The zero-order valence-electron chi connectivity index (χ0n) is 5.68. The molecule has 1 nitrogen and oxygen atoms in total. The highest BCUT2D eigenvalue weighted by Crippen LogP contribution is 2.26. The monoisotopic (exact) mass is 132 g/mol. The van der Waals surface area contributed by atoms with Crippen LogP contribution in [-0.2, 0) is 0 Å². The summed E-state index contributed by atoms with van der Waals surface area (Å²) in [6, 6.07) is 0. The molecule has 1 aliphatic carbocycles. The summed E-state index contributed by atoms with van der Waals surface area (Å²) in [5, 5.41) is 9.11. The molecule has 0 saturated heterocycles. The van der Waals surface area contributed by atoms with Crippen LogP contribution in [0.3, 0.4) is 0 Å². The van der Waals surface area contributed by atoms with Crippen LogP contribution >= 0.6 is 0 Å². The first-order chi connectivity index (χ1) is 4.22. The molecule has 0 radical (unpaired) electrons. The van der Waals surface area contributed by atoms with Crippen LogP contribution in [0.4, 0.5) is 4.39 Å². The molecule has 0 spiro atoms. The second kappa shape index (κ2) is 2.65. The van der Waals surface area contributed by atoms with E-state index >= 15 is 0 Å². The summed E-state index contributed by atoms with van der Waals surface area (Å²) in [7, 11) is 0. The van der Waals surface area contributed by atoms with Crippen molar-refractivity contribution in [3.05, 3.63) is 0 Å². The van der Waals surface area contributed by atoms with E-state index in [0.717, 1.165) is 12.8 Å². The zero-order valence-corrected chi connectivity index (χ0v) is 5.68. The minimum atomic E-state index is -0.770. The molecule has 1 rings (SSSR count). The Morgan fingerprint density at radius 2 is 2.11 bits per heavy atom. The van der Waals surface area contributed by atoms with Gasteiger partial charge in [0.15, 0.2) is 0 Å². The summed E-state index contributed by atoms with van der Waals surface area (Å²) >= 11 is 0.